The zero-order valence-corrected chi connectivity index (χ0v) is 15.2. The fraction of sp³-hybridized carbons (Fsp3) is 0.579. The van der Waals surface area contributed by atoms with Gasteiger partial charge in [0.15, 0.2) is 0 Å². The van der Waals surface area contributed by atoms with Crippen LogP contribution < -0.4 is 0 Å². The van der Waals surface area contributed by atoms with Gasteiger partial charge in [0.25, 0.3) is 5.91 Å². The van der Waals surface area contributed by atoms with Gasteiger partial charge < -0.3 is 9.80 Å². The van der Waals surface area contributed by atoms with Crippen LogP contribution in [0.15, 0.2) is 29.2 Å². The minimum atomic E-state index is 0.0813. The molecule has 2 fully saturated rings. The van der Waals surface area contributed by atoms with Crippen molar-refractivity contribution in [2.75, 3.05) is 32.4 Å². The number of thioether (sulfide) groups is 1. The SMILES string of the molecule is CSc1ccc(C(=O)N2CCCN(C(=O)C3CCCC3)CC2)cc1. The van der Waals surface area contributed by atoms with E-state index in [1.807, 2.05) is 40.3 Å². The Hall–Kier alpha value is -1.49. The first-order valence-electron chi connectivity index (χ1n) is 8.91. The summed E-state index contributed by atoms with van der Waals surface area (Å²) in [6.45, 7) is 2.83. The Kier molecular flexibility index (Phi) is 5.82. The summed E-state index contributed by atoms with van der Waals surface area (Å²) in [6.07, 6.45) is 7.34. The van der Waals surface area contributed by atoms with E-state index in [4.69, 9.17) is 0 Å². The van der Waals surface area contributed by atoms with Crippen molar-refractivity contribution >= 4 is 23.6 Å². The van der Waals surface area contributed by atoms with E-state index in [9.17, 15) is 9.59 Å². The van der Waals surface area contributed by atoms with Crippen LogP contribution in [0, 0.1) is 5.92 Å². The van der Waals surface area contributed by atoms with Crippen molar-refractivity contribution < 1.29 is 9.59 Å². The normalized spacial score (nSPS) is 19.4. The molecule has 24 heavy (non-hydrogen) atoms. The maximum atomic E-state index is 12.7. The Morgan fingerprint density at radius 1 is 0.917 bits per heavy atom. The molecule has 3 rings (SSSR count). The maximum Gasteiger partial charge on any atom is 0.253 e. The molecule has 1 saturated heterocycles. The summed E-state index contributed by atoms with van der Waals surface area (Å²) in [4.78, 5) is 30.3. The van der Waals surface area contributed by atoms with Crippen LogP contribution in [0.4, 0.5) is 0 Å². The molecule has 5 heteroatoms. The van der Waals surface area contributed by atoms with Crippen LogP contribution in [0.1, 0.15) is 42.5 Å². The minimum absolute atomic E-state index is 0.0813. The molecule has 0 unspecified atom stereocenters. The van der Waals surface area contributed by atoms with Crippen LogP contribution in [0.2, 0.25) is 0 Å². The smallest absolute Gasteiger partial charge is 0.253 e. The van der Waals surface area contributed by atoms with E-state index in [0.29, 0.717) is 19.0 Å². The van der Waals surface area contributed by atoms with Crippen molar-refractivity contribution in [1.29, 1.82) is 0 Å². The van der Waals surface area contributed by atoms with E-state index in [1.165, 1.54) is 12.8 Å². The van der Waals surface area contributed by atoms with Gasteiger partial charge in [-0.2, -0.15) is 0 Å². The highest BCUT2D eigenvalue weighted by atomic mass is 32.2. The van der Waals surface area contributed by atoms with Crippen LogP contribution in [-0.4, -0.2) is 54.0 Å². The fourth-order valence-corrected chi connectivity index (χ4v) is 4.10. The predicted molar refractivity (Wildman–Crippen MR) is 97.3 cm³/mol. The van der Waals surface area contributed by atoms with Gasteiger partial charge in [-0.3, -0.25) is 9.59 Å². The molecule has 0 radical (unpaired) electrons. The van der Waals surface area contributed by atoms with Crippen molar-refractivity contribution in [3.63, 3.8) is 0 Å². The maximum absolute atomic E-state index is 12.7. The third-order valence-corrected chi connectivity index (χ3v) is 5.88. The summed E-state index contributed by atoms with van der Waals surface area (Å²) in [5, 5.41) is 0. The lowest BCUT2D eigenvalue weighted by molar-refractivity contribution is -0.135. The van der Waals surface area contributed by atoms with E-state index in [1.54, 1.807) is 11.8 Å². The van der Waals surface area contributed by atoms with Crippen molar-refractivity contribution in [3.05, 3.63) is 29.8 Å². The van der Waals surface area contributed by atoms with E-state index in [-0.39, 0.29) is 11.8 Å². The van der Waals surface area contributed by atoms with E-state index in [0.717, 1.165) is 42.8 Å². The lowest BCUT2D eigenvalue weighted by Gasteiger charge is -2.24. The number of hydrogen-bond acceptors (Lipinski definition) is 3. The number of rotatable bonds is 3. The molecular formula is C19H26N2O2S. The largest absolute Gasteiger partial charge is 0.341 e. The van der Waals surface area contributed by atoms with E-state index in [2.05, 4.69) is 0 Å². The Morgan fingerprint density at radius 2 is 1.54 bits per heavy atom. The van der Waals surface area contributed by atoms with Gasteiger partial charge in [-0.1, -0.05) is 12.8 Å². The average molecular weight is 346 g/mol. The molecule has 1 aliphatic heterocycles. The first kappa shape index (κ1) is 17.3. The molecular weight excluding hydrogens is 320 g/mol. The second-order valence-electron chi connectivity index (χ2n) is 6.68. The lowest BCUT2D eigenvalue weighted by atomic mass is 10.1. The highest BCUT2D eigenvalue weighted by Gasteiger charge is 2.29. The molecule has 1 aromatic carbocycles. The van der Waals surface area contributed by atoms with Gasteiger partial charge in [-0.25, -0.2) is 0 Å². The molecule has 1 saturated carbocycles. The van der Waals surface area contributed by atoms with Crippen LogP contribution in [0.5, 0.6) is 0 Å². The van der Waals surface area contributed by atoms with Crippen molar-refractivity contribution in [1.82, 2.24) is 9.80 Å². The summed E-state index contributed by atoms with van der Waals surface area (Å²) in [5.41, 5.74) is 0.739. The number of hydrogen-bond donors (Lipinski definition) is 0. The number of nitrogens with zero attached hydrogens (tertiary/aromatic N) is 2. The van der Waals surface area contributed by atoms with Gasteiger partial charge >= 0.3 is 0 Å². The van der Waals surface area contributed by atoms with Crippen LogP contribution in [0.3, 0.4) is 0 Å². The van der Waals surface area contributed by atoms with Crippen LogP contribution in [0.25, 0.3) is 0 Å². The predicted octanol–water partition coefficient (Wildman–Crippen LogP) is 3.27. The van der Waals surface area contributed by atoms with Crippen molar-refractivity contribution in [3.8, 4) is 0 Å². The van der Waals surface area contributed by atoms with Crippen molar-refractivity contribution in [2.24, 2.45) is 5.92 Å². The molecule has 0 aromatic heterocycles. The summed E-state index contributed by atoms with van der Waals surface area (Å²) >= 11 is 1.67. The Labute approximate surface area is 148 Å². The second-order valence-corrected chi connectivity index (χ2v) is 7.56. The van der Waals surface area contributed by atoms with Gasteiger partial charge in [0, 0.05) is 42.6 Å². The topological polar surface area (TPSA) is 40.6 Å². The number of carbonyl (C=O) groups excluding carboxylic acids is 2. The Balaban J connectivity index is 1.59. The lowest BCUT2D eigenvalue weighted by Crippen LogP contribution is -2.39. The zero-order valence-electron chi connectivity index (χ0n) is 14.4. The Morgan fingerprint density at radius 3 is 2.21 bits per heavy atom. The molecule has 1 aliphatic carbocycles. The molecule has 130 valence electrons. The van der Waals surface area contributed by atoms with Crippen LogP contribution in [-0.2, 0) is 4.79 Å². The molecule has 0 atom stereocenters. The first-order chi connectivity index (χ1) is 11.7. The molecule has 4 nitrogen and oxygen atoms in total. The molecule has 1 aromatic rings. The average Bonchev–Trinajstić information content (AvgIpc) is 3.05. The molecule has 0 bridgehead atoms. The highest BCUT2D eigenvalue weighted by Crippen LogP contribution is 2.27. The van der Waals surface area contributed by atoms with Crippen LogP contribution >= 0.6 is 11.8 Å². The van der Waals surface area contributed by atoms with E-state index >= 15 is 0 Å². The quantitative estimate of drug-likeness (QED) is 0.789. The van der Waals surface area contributed by atoms with Gasteiger partial charge in [-0.05, 0) is 49.8 Å². The molecule has 2 amide bonds. The molecule has 2 aliphatic rings. The van der Waals surface area contributed by atoms with Gasteiger partial charge in [0.2, 0.25) is 5.91 Å². The second kappa shape index (κ2) is 8.06. The standard InChI is InChI=1S/C19H26N2O2S/c1-24-17-9-7-16(8-10-17)19(23)21-12-4-11-20(13-14-21)18(22)15-5-2-3-6-15/h7-10,15H,2-6,11-14H2,1H3. The third kappa shape index (κ3) is 3.94. The van der Waals surface area contributed by atoms with E-state index < -0.39 is 0 Å². The summed E-state index contributed by atoms with van der Waals surface area (Å²) in [6, 6.07) is 7.79. The third-order valence-electron chi connectivity index (χ3n) is 5.14. The van der Waals surface area contributed by atoms with Gasteiger partial charge in [-0.15, -0.1) is 11.8 Å². The first-order valence-corrected chi connectivity index (χ1v) is 10.1. The van der Waals surface area contributed by atoms with Crippen molar-refractivity contribution in [2.45, 2.75) is 37.0 Å². The zero-order chi connectivity index (χ0) is 16.9. The highest BCUT2D eigenvalue weighted by molar-refractivity contribution is 7.98. The summed E-state index contributed by atoms with van der Waals surface area (Å²) < 4.78 is 0. The molecule has 0 spiro atoms. The number of benzene rings is 1. The van der Waals surface area contributed by atoms with Gasteiger partial charge in [0.05, 0.1) is 0 Å². The minimum Gasteiger partial charge on any atom is -0.341 e. The molecule has 1 heterocycles. The fourth-order valence-electron chi connectivity index (χ4n) is 3.69. The molecule has 0 N–H and O–H groups in total. The summed E-state index contributed by atoms with van der Waals surface area (Å²) in [5.74, 6) is 0.621. The number of amides is 2. The number of carbonyl (C=O) groups is 2. The monoisotopic (exact) mass is 346 g/mol. The Bertz CT molecular complexity index is 582. The summed E-state index contributed by atoms with van der Waals surface area (Å²) in [7, 11) is 0. The van der Waals surface area contributed by atoms with Gasteiger partial charge in [0.1, 0.15) is 0 Å².